The van der Waals surface area contributed by atoms with Crippen molar-refractivity contribution >= 4 is 11.7 Å². The van der Waals surface area contributed by atoms with Gasteiger partial charge in [-0.1, -0.05) is 12.5 Å². The number of carbonyl (C=O) groups is 1. The van der Waals surface area contributed by atoms with Crippen molar-refractivity contribution in [2.24, 2.45) is 5.92 Å². The van der Waals surface area contributed by atoms with Crippen molar-refractivity contribution in [3.63, 3.8) is 0 Å². The first-order chi connectivity index (χ1) is 12.4. The van der Waals surface area contributed by atoms with Crippen LogP contribution in [0.2, 0.25) is 0 Å². The molecule has 2 unspecified atom stereocenters. The Kier molecular flexibility index (Phi) is 6.01. The number of piperazine rings is 1. The average molecular weight is 370 g/mol. The number of nitrogens with zero attached hydrogens (tertiary/aromatic N) is 3. The molecule has 144 valence electrons. The molecule has 0 aromatic carbocycles. The lowest BCUT2D eigenvalue weighted by Gasteiger charge is -2.35. The van der Waals surface area contributed by atoms with Gasteiger partial charge in [-0.15, -0.1) is 0 Å². The number of rotatable bonds is 4. The van der Waals surface area contributed by atoms with Crippen LogP contribution in [0, 0.1) is 5.92 Å². The van der Waals surface area contributed by atoms with Gasteiger partial charge in [0.2, 0.25) is 5.91 Å². The van der Waals surface area contributed by atoms with Crippen molar-refractivity contribution < 1.29 is 18.0 Å². The molecule has 0 bridgehead atoms. The van der Waals surface area contributed by atoms with Crippen LogP contribution in [0.25, 0.3) is 0 Å². The maximum absolute atomic E-state index is 12.9. The summed E-state index contributed by atoms with van der Waals surface area (Å²) in [5, 5.41) is 2.80. The molecule has 0 spiro atoms. The van der Waals surface area contributed by atoms with Gasteiger partial charge >= 0.3 is 6.18 Å². The topological polar surface area (TPSA) is 48.5 Å². The quantitative estimate of drug-likeness (QED) is 0.885. The van der Waals surface area contributed by atoms with E-state index >= 15 is 0 Å². The van der Waals surface area contributed by atoms with Crippen molar-refractivity contribution in [1.29, 1.82) is 0 Å². The monoisotopic (exact) mass is 370 g/mol. The highest BCUT2D eigenvalue weighted by molar-refractivity contribution is 5.78. The van der Waals surface area contributed by atoms with Crippen LogP contribution in [0.5, 0.6) is 0 Å². The van der Waals surface area contributed by atoms with E-state index < -0.39 is 12.1 Å². The maximum Gasteiger partial charge on any atom is 0.391 e. The summed E-state index contributed by atoms with van der Waals surface area (Å²) in [5.74, 6) is -0.537. The van der Waals surface area contributed by atoms with Crippen LogP contribution in [0.15, 0.2) is 24.4 Å². The summed E-state index contributed by atoms with van der Waals surface area (Å²) in [6, 6.07) is 5.42. The molecule has 1 aromatic heterocycles. The number of amides is 1. The van der Waals surface area contributed by atoms with E-state index in [2.05, 4.69) is 15.2 Å². The Hall–Kier alpha value is -1.83. The van der Waals surface area contributed by atoms with Crippen molar-refractivity contribution in [2.45, 2.75) is 37.9 Å². The smallest absolute Gasteiger partial charge is 0.354 e. The third kappa shape index (κ3) is 5.09. The number of nitrogens with one attached hydrogen (secondary N) is 1. The molecule has 0 radical (unpaired) electrons. The molecule has 1 saturated carbocycles. The highest BCUT2D eigenvalue weighted by Gasteiger charge is 2.42. The van der Waals surface area contributed by atoms with Crippen LogP contribution in [0.3, 0.4) is 0 Å². The van der Waals surface area contributed by atoms with E-state index in [9.17, 15) is 18.0 Å². The van der Waals surface area contributed by atoms with Gasteiger partial charge in [-0.2, -0.15) is 13.2 Å². The van der Waals surface area contributed by atoms with Crippen LogP contribution >= 0.6 is 0 Å². The van der Waals surface area contributed by atoms with Gasteiger partial charge in [0.1, 0.15) is 5.82 Å². The third-order valence-electron chi connectivity index (χ3n) is 5.22. The Morgan fingerprint density at radius 1 is 1.19 bits per heavy atom. The first kappa shape index (κ1) is 18.9. The number of anilines is 1. The van der Waals surface area contributed by atoms with Gasteiger partial charge in [-0.05, 0) is 31.4 Å². The van der Waals surface area contributed by atoms with Crippen LogP contribution < -0.4 is 10.2 Å². The Bertz CT molecular complexity index is 588. The number of hydrogen-bond donors (Lipinski definition) is 1. The summed E-state index contributed by atoms with van der Waals surface area (Å²) >= 11 is 0. The predicted molar refractivity (Wildman–Crippen MR) is 92.8 cm³/mol. The lowest BCUT2D eigenvalue weighted by atomic mass is 9.85. The van der Waals surface area contributed by atoms with E-state index in [1.807, 2.05) is 23.1 Å². The standard InChI is InChI=1S/C18H25F3N4O/c19-18(20,21)14-4-3-5-15(12-14)23-17(26)13-24-8-10-25(11-9-24)16-6-1-2-7-22-16/h1-2,6-7,14-15H,3-5,8-13H2,(H,23,26). The zero-order valence-corrected chi connectivity index (χ0v) is 14.7. The first-order valence-corrected chi connectivity index (χ1v) is 9.16. The normalized spacial score (nSPS) is 25.1. The number of aromatic nitrogens is 1. The molecule has 5 nitrogen and oxygen atoms in total. The van der Waals surface area contributed by atoms with Gasteiger partial charge in [0.15, 0.2) is 0 Å². The molecule has 2 fully saturated rings. The van der Waals surface area contributed by atoms with Gasteiger partial charge in [0, 0.05) is 38.4 Å². The fourth-order valence-electron chi connectivity index (χ4n) is 3.77. The Balaban J connectivity index is 1.42. The molecule has 2 atom stereocenters. The van der Waals surface area contributed by atoms with Crippen LogP contribution in [-0.2, 0) is 4.79 Å². The number of hydrogen-bond acceptors (Lipinski definition) is 4. The van der Waals surface area contributed by atoms with Gasteiger partial charge < -0.3 is 10.2 Å². The number of carbonyl (C=O) groups excluding carboxylic acids is 1. The minimum Gasteiger partial charge on any atom is -0.354 e. The molecule has 2 aliphatic rings. The van der Waals surface area contributed by atoms with Gasteiger partial charge in [-0.25, -0.2) is 4.98 Å². The molecule has 2 heterocycles. The van der Waals surface area contributed by atoms with Crippen molar-refractivity contribution in [1.82, 2.24) is 15.2 Å². The molecule has 1 amide bonds. The van der Waals surface area contributed by atoms with Crippen molar-refractivity contribution in [3.05, 3.63) is 24.4 Å². The average Bonchev–Trinajstić information content (AvgIpc) is 2.62. The Morgan fingerprint density at radius 3 is 2.62 bits per heavy atom. The number of alkyl halides is 3. The summed E-state index contributed by atoms with van der Waals surface area (Å²) in [5.41, 5.74) is 0. The maximum atomic E-state index is 12.9. The van der Waals surface area contributed by atoms with Gasteiger partial charge in [-0.3, -0.25) is 9.69 Å². The summed E-state index contributed by atoms with van der Waals surface area (Å²) in [4.78, 5) is 20.8. The molecule has 3 rings (SSSR count). The second-order valence-electron chi connectivity index (χ2n) is 7.12. The first-order valence-electron chi connectivity index (χ1n) is 9.16. The van der Waals surface area contributed by atoms with E-state index in [0.717, 1.165) is 32.0 Å². The number of halogens is 3. The van der Waals surface area contributed by atoms with Crippen LogP contribution in [-0.4, -0.2) is 60.7 Å². The zero-order chi connectivity index (χ0) is 18.6. The second-order valence-corrected chi connectivity index (χ2v) is 7.12. The number of pyridine rings is 1. The minimum atomic E-state index is -4.16. The SMILES string of the molecule is O=C(CN1CCN(c2ccccn2)CC1)NC1CCCC(C(F)(F)F)C1. The Labute approximate surface area is 151 Å². The minimum absolute atomic E-state index is 0.00267. The molecule has 1 aliphatic heterocycles. The van der Waals surface area contributed by atoms with Crippen LogP contribution in [0.1, 0.15) is 25.7 Å². The Morgan fingerprint density at radius 2 is 1.96 bits per heavy atom. The molecule has 1 aromatic rings. The fraction of sp³-hybridized carbons (Fsp3) is 0.667. The third-order valence-corrected chi connectivity index (χ3v) is 5.22. The fourth-order valence-corrected chi connectivity index (χ4v) is 3.77. The molecule has 1 N–H and O–H groups in total. The largest absolute Gasteiger partial charge is 0.391 e. The summed E-state index contributed by atoms with van der Waals surface area (Å²) in [6.07, 6.45) is -1.09. The molecule has 8 heteroatoms. The van der Waals surface area contributed by atoms with Crippen LogP contribution in [0.4, 0.5) is 19.0 Å². The van der Waals surface area contributed by atoms with E-state index in [4.69, 9.17) is 0 Å². The van der Waals surface area contributed by atoms with E-state index in [0.29, 0.717) is 12.8 Å². The predicted octanol–water partition coefficient (Wildman–Crippen LogP) is 2.44. The molecular formula is C18H25F3N4O. The van der Waals surface area contributed by atoms with E-state index in [1.165, 1.54) is 0 Å². The summed E-state index contributed by atoms with van der Waals surface area (Å²) in [6.45, 7) is 3.27. The highest BCUT2D eigenvalue weighted by atomic mass is 19.4. The van der Waals surface area contributed by atoms with Crippen molar-refractivity contribution in [3.8, 4) is 0 Å². The molecule has 1 saturated heterocycles. The van der Waals surface area contributed by atoms with E-state index in [-0.39, 0.29) is 31.3 Å². The highest BCUT2D eigenvalue weighted by Crippen LogP contribution is 2.37. The van der Waals surface area contributed by atoms with Gasteiger partial charge in [0.05, 0.1) is 12.5 Å². The van der Waals surface area contributed by atoms with Gasteiger partial charge in [0.25, 0.3) is 0 Å². The van der Waals surface area contributed by atoms with E-state index in [1.54, 1.807) is 6.20 Å². The summed E-state index contributed by atoms with van der Waals surface area (Å²) < 4.78 is 38.6. The lowest BCUT2D eigenvalue weighted by Crippen LogP contribution is -2.51. The molecule has 26 heavy (non-hydrogen) atoms. The van der Waals surface area contributed by atoms with Crippen molar-refractivity contribution in [2.75, 3.05) is 37.6 Å². The second kappa shape index (κ2) is 8.24. The summed E-state index contributed by atoms with van der Waals surface area (Å²) in [7, 11) is 0. The lowest BCUT2D eigenvalue weighted by molar-refractivity contribution is -0.184. The molecule has 1 aliphatic carbocycles. The molecular weight excluding hydrogens is 345 g/mol. The zero-order valence-electron chi connectivity index (χ0n) is 14.7.